The molecule has 0 unspecified atom stereocenters. The number of hydrogen-bond acceptors (Lipinski definition) is 2. The third-order valence-corrected chi connectivity index (χ3v) is 3.84. The van der Waals surface area contributed by atoms with E-state index < -0.39 is 11.8 Å². The lowest BCUT2D eigenvalue weighted by Crippen LogP contribution is -2.86. The third-order valence-electron chi connectivity index (χ3n) is 3.84. The zero-order valence-corrected chi connectivity index (χ0v) is 11.1. The zero-order chi connectivity index (χ0) is 14.1. The molecular formula is C15H16FN2O2+. The van der Waals surface area contributed by atoms with Crippen LogP contribution in [0.25, 0.3) is 0 Å². The van der Waals surface area contributed by atoms with Crippen LogP contribution in [-0.4, -0.2) is 36.3 Å². The molecule has 0 radical (unpaired) electrons. The molecule has 1 fully saturated rings. The molecule has 1 aromatic carbocycles. The predicted molar refractivity (Wildman–Crippen MR) is 70.8 cm³/mol. The van der Waals surface area contributed by atoms with Crippen molar-refractivity contribution in [3.05, 3.63) is 46.8 Å². The molecule has 1 aromatic rings. The zero-order valence-electron chi connectivity index (χ0n) is 11.1. The van der Waals surface area contributed by atoms with Crippen LogP contribution in [0.3, 0.4) is 0 Å². The van der Waals surface area contributed by atoms with Gasteiger partial charge in [0.25, 0.3) is 11.8 Å². The lowest BCUT2D eigenvalue weighted by molar-refractivity contribution is -0.653. The lowest BCUT2D eigenvalue weighted by Gasteiger charge is -2.17. The van der Waals surface area contributed by atoms with Crippen molar-refractivity contribution in [1.82, 2.24) is 4.90 Å². The van der Waals surface area contributed by atoms with Crippen LogP contribution in [0.15, 0.2) is 35.7 Å². The minimum Gasteiger partial charge on any atom is -0.343 e. The largest absolute Gasteiger partial charge is 0.343 e. The molecule has 1 saturated heterocycles. The van der Waals surface area contributed by atoms with Gasteiger partial charge in [-0.05, 0) is 18.6 Å². The number of fused-ring (bicyclic) bond motifs is 1. The molecule has 5 heteroatoms. The number of imide groups is 1. The summed E-state index contributed by atoms with van der Waals surface area (Å²) in [5, 5.41) is 2.04. The van der Waals surface area contributed by atoms with Crippen LogP contribution in [-0.2, 0) is 0 Å². The van der Waals surface area contributed by atoms with E-state index in [4.69, 9.17) is 0 Å². The Labute approximate surface area is 116 Å². The molecule has 2 heterocycles. The highest BCUT2D eigenvalue weighted by Gasteiger charge is 2.36. The SMILES string of the molecule is O=C1c2ccccc2C(=O)N1C/C(F)=C1/CCC[NH2+]C1. The van der Waals surface area contributed by atoms with Crippen molar-refractivity contribution >= 4 is 11.8 Å². The van der Waals surface area contributed by atoms with Crippen LogP contribution in [0.5, 0.6) is 0 Å². The summed E-state index contributed by atoms with van der Waals surface area (Å²) in [4.78, 5) is 25.3. The summed E-state index contributed by atoms with van der Waals surface area (Å²) < 4.78 is 14.2. The van der Waals surface area contributed by atoms with Crippen molar-refractivity contribution in [2.24, 2.45) is 0 Å². The highest BCUT2D eigenvalue weighted by molar-refractivity contribution is 6.21. The molecule has 4 nitrogen and oxygen atoms in total. The van der Waals surface area contributed by atoms with Gasteiger partial charge in [0.1, 0.15) is 12.4 Å². The van der Waals surface area contributed by atoms with Crippen molar-refractivity contribution < 1.29 is 19.3 Å². The number of benzene rings is 1. The van der Waals surface area contributed by atoms with E-state index in [0.29, 0.717) is 29.7 Å². The second kappa shape index (κ2) is 5.17. The molecule has 104 valence electrons. The van der Waals surface area contributed by atoms with Crippen molar-refractivity contribution in [2.75, 3.05) is 19.6 Å². The van der Waals surface area contributed by atoms with Crippen LogP contribution in [0.4, 0.5) is 4.39 Å². The van der Waals surface area contributed by atoms with E-state index in [1.807, 2.05) is 5.32 Å². The second-order valence-corrected chi connectivity index (χ2v) is 5.14. The van der Waals surface area contributed by atoms with Gasteiger partial charge in [-0.1, -0.05) is 12.1 Å². The Balaban J connectivity index is 1.83. The first kappa shape index (κ1) is 13.0. The van der Waals surface area contributed by atoms with E-state index in [1.165, 1.54) is 0 Å². The molecular weight excluding hydrogens is 259 g/mol. The Bertz CT molecular complexity index is 567. The van der Waals surface area contributed by atoms with E-state index in [1.54, 1.807) is 24.3 Å². The van der Waals surface area contributed by atoms with Gasteiger partial charge in [0.05, 0.1) is 24.2 Å². The van der Waals surface area contributed by atoms with Crippen LogP contribution in [0, 0.1) is 0 Å². The van der Waals surface area contributed by atoms with E-state index in [2.05, 4.69) is 0 Å². The number of nitrogens with zero attached hydrogens (tertiary/aromatic N) is 1. The van der Waals surface area contributed by atoms with Crippen molar-refractivity contribution in [1.29, 1.82) is 0 Å². The summed E-state index contributed by atoms with van der Waals surface area (Å²) in [7, 11) is 0. The maximum absolute atomic E-state index is 14.2. The molecule has 0 bridgehead atoms. The predicted octanol–water partition coefficient (Wildman–Crippen LogP) is 0.863. The van der Waals surface area contributed by atoms with Crippen LogP contribution in [0.1, 0.15) is 33.6 Å². The molecule has 0 saturated carbocycles. The number of quaternary nitrogens is 1. The van der Waals surface area contributed by atoms with Crippen LogP contribution < -0.4 is 5.32 Å². The Morgan fingerprint density at radius 3 is 2.40 bits per heavy atom. The van der Waals surface area contributed by atoms with E-state index in [9.17, 15) is 14.0 Å². The van der Waals surface area contributed by atoms with E-state index in [0.717, 1.165) is 17.9 Å². The number of nitrogens with two attached hydrogens (primary N) is 1. The summed E-state index contributed by atoms with van der Waals surface area (Å²) in [5.41, 5.74) is 1.45. The number of amides is 2. The average molecular weight is 275 g/mol. The van der Waals surface area contributed by atoms with Crippen LogP contribution in [0.2, 0.25) is 0 Å². The van der Waals surface area contributed by atoms with Gasteiger partial charge in [0.15, 0.2) is 0 Å². The fourth-order valence-corrected chi connectivity index (χ4v) is 2.72. The number of carbonyl (C=O) groups excluding carboxylic acids is 2. The molecule has 0 aliphatic carbocycles. The summed E-state index contributed by atoms with van der Waals surface area (Å²) in [6.45, 7) is 1.38. The van der Waals surface area contributed by atoms with Crippen molar-refractivity contribution in [2.45, 2.75) is 12.8 Å². The monoisotopic (exact) mass is 275 g/mol. The minimum absolute atomic E-state index is 0.241. The lowest BCUT2D eigenvalue weighted by atomic mass is 10.1. The Kier molecular flexibility index (Phi) is 3.36. The summed E-state index contributed by atoms with van der Waals surface area (Å²) in [5.74, 6) is -1.14. The normalized spacial score (nSPS) is 21.1. The molecule has 20 heavy (non-hydrogen) atoms. The van der Waals surface area contributed by atoms with Gasteiger partial charge in [-0.3, -0.25) is 14.5 Å². The minimum atomic E-state index is -0.402. The summed E-state index contributed by atoms with van der Waals surface area (Å²) in [6.07, 6.45) is 1.65. The van der Waals surface area contributed by atoms with E-state index in [-0.39, 0.29) is 12.4 Å². The first-order chi connectivity index (χ1) is 9.68. The molecule has 0 spiro atoms. The maximum atomic E-state index is 14.2. The topological polar surface area (TPSA) is 54.0 Å². The molecule has 3 rings (SSSR count). The van der Waals surface area contributed by atoms with Gasteiger partial charge in [-0.15, -0.1) is 0 Å². The van der Waals surface area contributed by atoms with Gasteiger partial charge < -0.3 is 5.32 Å². The smallest absolute Gasteiger partial charge is 0.261 e. The number of hydrogen-bond donors (Lipinski definition) is 1. The number of rotatable bonds is 2. The van der Waals surface area contributed by atoms with Gasteiger partial charge in [0.2, 0.25) is 0 Å². The summed E-state index contributed by atoms with van der Waals surface area (Å²) >= 11 is 0. The Hall–Kier alpha value is -2.01. The third kappa shape index (κ3) is 2.14. The second-order valence-electron chi connectivity index (χ2n) is 5.14. The fourth-order valence-electron chi connectivity index (χ4n) is 2.72. The van der Waals surface area contributed by atoms with Gasteiger partial charge in [0, 0.05) is 12.0 Å². The fraction of sp³-hybridized carbons (Fsp3) is 0.333. The number of piperidine rings is 1. The van der Waals surface area contributed by atoms with Gasteiger partial charge in [-0.25, -0.2) is 4.39 Å². The van der Waals surface area contributed by atoms with Crippen LogP contribution >= 0.6 is 0 Å². The molecule has 0 aromatic heterocycles. The first-order valence-electron chi connectivity index (χ1n) is 6.82. The molecule has 2 aliphatic rings. The highest BCUT2D eigenvalue weighted by atomic mass is 19.1. The van der Waals surface area contributed by atoms with E-state index >= 15 is 0 Å². The van der Waals surface area contributed by atoms with Crippen molar-refractivity contribution in [3.63, 3.8) is 0 Å². The Morgan fingerprint density at radius 2 is 1.85 bits per heavy atom. The number of halogens is 1. The molecule has 2 amide bonds. The maximum Gasteiger partial charge on any atom is 0.261 e. The van der Waals surface area contributed by atoms with Crippen molar-refractivity contribution in [3.8, 4) is 0 Å². The Morgan fingerprint density at radius 1 is 1.20 bits per heavy atom. The number of carbonyl (C=O) groups is 2. The first-order valence-corrected chi connectivity index (χ1v) is 6.82. The quantitative estimate of drug-likeness (QED) is 0.814. The average Bonchev–Trinajstić information content (AvgIpc) is 2.74. The summed E-state index contributed by atoms with van der Waals surface area (Å²) in [6, 6.07) is 6.63. The van der Waals surface area contributed by atoms with Gasteiger partial charge in [-0.2, -0.15) is 0 Å². The van der Waals surface area contributed by atoms with Gasteiger partial charge >= 0.3 is 0 Å². The molecule has 0 atom stereocenters. The molecule has 2 aliphatic heterocycles. The highest BCUT2D eigenvalue weighted by Crippen LogP contribution is 2.24. The molecule has 2 N–H and O–H groups in total. The standard InChI is InChI=1S/C15H15FN2O2/c16-13(10-4-3-7-17-8-10)9-18-14(19)11-5-1-2-6-12(11)15(18)20/h1-2,5-6,17H,3-4,7-9H2/p+1/b13-10+.